The largest absolute Gasteiger partial charge is 0.370 e. The number of halogens is 1. The van der Waals surface area contributed by atoms with Gasteiger partial charge in [-0.1, -0.05) is 0 Å². The van der Waals surface area contributed by atoms with Crippen LogP contribution in [0.2, 0.25) is 0 Å². The van der Waals surface area contributed by atoms with Crippen LogP contribution in [0.5, 0.6) is 0 Å². The number of anilines is 2. The second kappa shape index (κ2) is 9.14. The van der Waals surface area contributed by atoms with Crippen molar-refractivity contribution in [2.24, 2.45) is 5.73 Å². The van der Waals surface area contributed by atoms with E-state index in [2.05, 4.69) is 15.1 Å². The molecule has 3 N–H and O–H groups in total. The van der Waals surface area contributed by atoms with Crippen molar-refractivity contribution in [3.05, 3.63) is 46.1 Å². The molecule has 0 spiro atoms. The summed E-state index contributed by atoms with van der Waals surface area (Å²) in [7, 11) is 0. The van der Waals surface area contributed by atoms with Crippen molar-refractivity contribution in [2.45, 2.75) is 32.1 Å². The van der Waals surface area contributed by atoms with E-state index in [9.17, 15) is 14.0 Å². The number of hydrogen-bond donors (Lipinski definition) is 2. The summed E-state index contributed by atoms with van der Waals surface area (Å²) in [5.74, 6) is -0.821. The molecule has 2 aromatic rings. The zero-order valence-electron chi connectivity index (χ0n) is 17.0. The minimum atomic E-state index is -0.464. The van der Waals surface area contributed by atoms with Crippen LogP contribution in [0.25, 0.3) is 0 Å². The Morgan fingerprint density at radius 3 is 2.57 bits per heavy atom. The molecule has 2 heterocycles. The van der Waals surface area contributed by atoms with Gasteiger partial charge in [0.25, 0.3) is 5.91 Å². The minimum Gasteiger partial charge on any atom is -0.370 e. The Labute approximate surface area is 179 Å². The maximum Gasteiger partial charge on any atom is 0.251 e. The highest BCUT2D eigenvalue weighted by Gasteiger charge is 2.25. The molecule has 8 heteroatoms. The molecule has 0 radical (unpaired) electrons. The highest BCUT2D eigenvalue weighted by Crippen LogP contribution is 2.37. The first kappa shape index (κ1) is 20.8. The Morgan fingerprint density at radius 2 is 1.80 bits per heavy atom. The summed E-state index contributed by atoms with van der Waals surface area (Å²) in [6, 6.07) is 6.54. The maximum atomic E-state index is 13.2. The number of amides is 2. The Morgan fingerprint density at radius 1 is 1.03 bits per heavy atom. The van der Waals surface area contributed by atoms with E-state index in [1.807, 2.05) is 0 Å². The molecule has 160 valence electrons. The van der Waals surface area contributed by atoms with E-state index in [1.165, 1.54) is 28.3 Å². The van der Waals surface area contributed by atoms with Crippen LogP contribution in [0.4, 0.5) is 15.1 Å². The van der Waals surface area contributed by atoms with Gasteiger partial charge in [0.1, 0.15) is 10.8 Å². The summed E-state index contributed by atoms with van der Waals surface area (Å²) in [6.07, 6.45) is 4.88. The molecule has 0 saturated carbocycles. The number of hydrogen-bond acceptors (Lipinski definition) is 5. The Balaban J connectivity index is 1.37. The molecule has 1 aliphatic carbocycles. The van der Waals surface area contributed by atoms with Crippen molar-refractivity contribution in [3.8, 4) is 0 Å². The Hall–Kier alpha value is -2.45. The summed E-state index contributed by atoms with van der Waals surface area (Å²) in [5, 5.41) is 3.55. The number of rotatable bonds is 5. The van der Waals surface area contributed by atoms with Crippen LogP contribution in [0.1, 0.15) is 40.1 Å². The number of aryl methyl sites for hydroxylation is 1. The minimum absolute atomic E-state index is 0.119. The molecule has 0 atom stereocenters. The topological polar surface area (TPSA) is 78.7 Å². The summed E-state index contributed by atoms with van der Waals surface area (Å²) >= 11 is 1.49. The molecule has 1 aromatic carbocycles. The Kier molecular flexibility index (Phi) is 6.34. The van der Waals surface area contributed by atoms with E-state index in [0.29, 0.717) is 10.6 Å². The zero-order valence-corrected chi connectivity index (χ0v) is 17.8. The van der Waals surface area contributed by atoms with Gasteiger partial charge in [-0.25, -0.2) is 4.39 Å². The van der Waals surface area contributed by atoms with Crippen LogP contribution in [0.15, 0.2) is 24.3 Å². The molecule has 1 saturated heterocycles. The van der Waals surface area contributed by atoms with E-state index >= 15 is 0 Å². The van der Waals surface area contributed by atoms with Crippen LogP contribution in [-0.2, 0) is 17.6 Å². The first-order chi connectivity index (χ1) is 14.5. The molecule has 1 aromatic heterocycles. The van der Waals surface area contributed by atoms with Gasteiger partial charge in [0.05, 0.1) is 12.1 Å². The van der Waals surface area contributed by atoms with Crippen LogP contribution in [0.3, 0.4) is 0 Å². The first-order valence-corrected chi connectivity index (χ1v) is 11.3. The number of carbonyl (C=O) groups is 2. The average molecular weight is 431 g/mol. The van der Waals surface area contributed by atoms with Gasteiger partial charge >= 0.3 is 0 Å². The maximum absolute atomic E-state index is 13.2. The van der Waals surface area contributed by atoms with E-state index in [1.54, 1.807) is 12.1 Å². The lowest BCUT2D eigenvalue weighted by molar-refractivity contribution is -0.117. The lowest BCUT2D eigenvalue weighted by Gasteiger charge is -2.23. The van der Waals surface area contributed by atoms with Crippen LogP contribution in [-0.4, -0.2) is 49.4 Å². The van der Waals surface area contributed by atoms with Crippen LogP contribution >= 0.6 is 11.3 Å². The number of carbonyl (C=O) groups excluding carboxylic acids is 2. The zero-order chi connectivity index (χ0) is 21.1. The van der Waals surface area contributed by atoms with Crippen molar-refractivity contribution in [2.75, 3.05) is 42.9 Å². The van der Waals surface area contributed by atoms with Crippen molar-refractivity contribution in [3.63, 3.8) is 0 Å². The van der Waals surface area contributed by atoms with Gasteiger partial charge in [-0.2, -0.15) is 0 Å². The lowest BCUT2D eigenvalue weighted by atomic mass is 9.95. The van der Waals surface area contributed by atoms with Gasteiger partial charge in [-0.05, 0) is 61.9 Å². The summed E-state index contributed by atoms with van der Waals surface area (Å²) in [4.78, 5) is 30.2. The number of fused-ring (bicyclic) bond motifs is 1. The van der Waals surface area contributed by atoms with Crippen molar-refractivity contribution in [1.29, 1.82) is 0 Å². The molecular weight excluding hydrogens is 403 g/mol. The fourth-order valence-corrected chi connectivity index (χ4v) is 5.63. The highest BCUT2D eigenvalue weighted by molar-refractivity contribution is 7.17. The van der Waals surface area contributed by atoms with E-state index in [0.717, 1.165) is 69.5 Å². The number of nitrogens with zero attached hydrogens (tertiary/aromatic N) is 2. The molecule has 1 aliphatic heterocycles. The smallest absolute Gasteiger partial charge is 0.251 e. The van der Waals surface area contributed by atoms with Gasteiger partial charge in [-0.3, -0.25) is 14.5 Å². The SMILES string of the molecule is NC(=O)c1c(NC(=O)CN2CCCN(c3ccc(F)cc3)CC2)sc2c1CCCC2. The molecule has 2 aliphatic rings. The monoisotopic (exact) mass is 430 g/mol. The number of nitrogens with two attached hydrogens (primary N) is 1. The third-order valence-electron chi connectivity index (χ3n) is 5.82. The summed E-state index contributed by atoms with van der Waals surface area (Å²) < 4.78 is 13.2. The normalized spacial score (nSPS) is 17.3. The molecule has 0 bridgehead atoms. The predicted molar refractivity (Wildman–Crippen MR) is 118 cm³/mol. The number of thiophene rings is 1. The van der Waals surface area contributed by atoms with Crippen molar-refractivity contribution >= 4 is 33.8 Å². The van der Waals surface area contributed by atoms with E-state index in [4.69, 9.17) is 5.73 Å². The quantitative estimate of drug-likeness (QED) is 0.764. The first-order valence-electron chi connectivity index (χ1n) is 10.5. The fraction of sp³-hybridized carbons (Fsp3) is 0.455. The number of nitrogens with one attached hydrogen (secondary N) is 1. The van der Waals surface area contributed by atoms with Gasteiger partial charge in [0.15, 0.2) is 0 Å². The van der Waals surface area contributed by atoms with Crippen molar-refractivity contribution < 1.29 is 14.0 Å². The van der Waals surface area contributed by atoms with Crippen LogP contribution in [0, 0.1) is 5.82 Å². The van der Waals surface area contributed by atoms with Gasteiger partial charge in [0.2, 0.25) is 5.91 Å². The van der Waals surface area contributed by atoms with E-state index < -0.39 is 5.91 Å². The van der Waals surface area contributed by atoms with Gasteiger partial charge in [0, 0.05) is 36.7 Å². The predicted octanol–water partition coefficient (Wildman–Crippen LogP) is 3.02. The summed E-state index contributed by atoms with van der Waals surface area (Å²) in [6.45, 7) is 3.48. The molecule has 30 heavy (non-hydrogen) atoms. The molecular formula is C22H27FN4O2S. The number of benzene rings is 1. The summed E-state index contributed by atoms with van der Waals surface area (Å²) in [5.41, 5.74) is 8.15. The number of primary amides is 1. The highest BCUT2D eigenvalue weighted by atomic mass is 32.1. The third-order valence-corrected chi connectivity index (χ3v) is 7.03. The second-order valence-corrected chi connectivity index (χ2v) is 9.03. The molecule has 1 fully saturated rings. The fourth-order valence-electron chi connectivity index (χ4n) is 4.32. The van der Waals surface area contributed by atoms with Crippen LogP contribution < -0.4 is 16.0 Å². The lowest BCUT2D eigenvalue weighted by Crippen LogP contribution is -2.36. The standard InChI is InChI=1S/C22H27FN4O2S/c23-15-6-8-16(9-7-15)27-11-3-10-26(12-13-27)14-19(28)25-22-20(21(24)29)17-4-1-2-5-18(17)30-22/h6-9H,1-5,10-14H2,(H2,24,29)(H,25,28). The van der Waals surface area contributed by atoms with E-state index in [-0.39, 0.29) is 18.3 Å². The van der Waals surface area contributed by atoms with Gasteiger partial charge in [-0.15, -0.1) is 11.3 Å². The molecule has 0 unspecified atom stereocenters. The van der Waals surface area contributed by atoms with Gasteiger partial charge < -0.3 is 16.0 Å². The third kappa shape index (κ3) is 4.65. The molecule has 4 rings (SSSR count). The second-order valence-electron chi connectivity index (χ2n) is 7.92. The Bertz CT molecular complexity index is 928. The molecule has 2 amide bonds. The average Bonchev–Trinajstić information content (AvgIpc) is 2.92. The molecule has 6 nitrogen and oxygen atoms in total. The van der Waals surface area contributed by atoms with Crippen molar-refractivity contribution in [1.82, 2.24) is 4.90 Å².